The zero-order valence-corrected chi connectivity index (χ0v) is 26.9. The van der Waals surface area contributed by atoms with Gasteiger partial charge in [-0.15, -0.1) is 0 Å². The summed E-state index contributed by atoms with van der Waals surface area (Å²) < 4.78 is 56.2. The van der Waals surface area contributed by atoms with Crippen LogP contribution in [-0.2, 0) is 54.3 Å². The van der Waals surface area contributed by atoms with Crippen molar-refractivity contribution in [2.75, 3.05) is 6.54 Å². The van der Waals surface area contributed by atoms with Crippen molar-refractivity contribution in [2.45, 2.75) is 77.0 Å². The highest BCUT2D eigenvalue weighted by molar-refractivity contribution is 6.30. The third kappa shape index (κ3) is 9.92. The Morgan fingerprint density at radius 1 is 0.979 bits per heavy atom. The van der Waals surface area contributed by atoms with Crippen molar-refractivity contribution in [1.82, 2.24) is 10.6 Å². The van der Waals surface area contributed by atoms with Gasteiger partial charge in [0.25, 0.3) is 11.7 Å². The van der Waals surface area contributed by atoms with Crippen molar-refractivity contribution < 1.29 is 66.3 Å². The first-order valence-corrected chi connectivity index (χ1v) is 14.7. The van der Waals surface area contributed by atoms with Crippen molar-refractivity contribution in [2.24, 2.45) is 0 Å². The summed E-state index contributed by atoms with van der Waals surface area (Å²) in [5, 5.41) is 15.7. The molecule has 1 aliphatic heterocycles. The van der Waals surface area contributed by atoms with E-state index in [2.05, 4.69) is 10.6 Å². The maximum Gasteiger partial charge on any atom is 0.364 e. The first-order chi connectivity index (χ1) is 22.5. The Kier molecular flexibility index (Phi) is 12.9. The number of halogens is 3. The van der Waals surface area contributed by atoms with E-state index in [0.717, 1.165) is 45.9 Å². The second-order valence-electron chi connectivity index (χ2n) is 10.7. The van der Waals surface area contributed by atoms with Crippen molar-refractivity contribution in [3.63, 3.8) is 0 Å². The molecule has 48 heavy (non-hydrogen) atoms. The molecule has 3 N–H and O–H groups in total. The first kappa shape index (κ1) is 37.8. The summed E-state index contributed by atoms with van der Waals surface area (Å²) >= 11 is 5.89. The molecule has 17 heteroatoms. The number of rotatable bonds is 13. The highest BCUT2D eigenvalue weighted by Gasteiger charge is 2.58. The Labute approximate surface area is 277 Å². The van der Waals surface area contributed by atoms with E-state index >= 15 is 0 Å². The number of benzene rings is 2. The predicted molar refractivity (Wildman–Crippen MR) is 159 cm³/mol. The average Bonchev–Trinajstić information content (AvgIpc) is 2.99. The number of carboxylic acid groups (broad SMARTS) is 1. The summed E-state index contributed by atoms with van der Waals surface area (Å²) in [6, 6.07) is 7.34. The molecule has 0 bridgehead atoms. The van der Waals surface area contributed by atoms with E-state index in [9.17, 15) is 42.7 Å². The van der Waals surface area contributed by atoms with Crippen LogP contribution in [0.25, 0.3) is 0 Å². The molecule has 0 saturated carbocycles. The normalized spacial score (nSPS) is 21.6. The molecule has 14 nitrogen and oxygen atoms in total. The van der Waals surface area contributed by atoms with Gasteiger partial charge in [0.05, 0.1) is 25.6 Å². The number of carbonyl (C=O) groups excluding carboxylic acids is 5. The number of carbonyl (C=O) groups is 6. The molecular formula is C31H33ClF2N2O12. The molecule has 2 aromatic rings. The Morgan fingerprint density at radius 3 is 2.19 bits per heavy atom. The smallest absolute Gasteiger partial charge is 0.364 e. The van der Waals surface area contributed by atoms with Crippen LogP contribution in [0.1, 0.15) is 50.0 Å². The van der Waals surface area contributed by atoms with Gasteiger partial charge in [0.2, 0.25) is 5.91 Å². The topological polar surface area (TPSA) is 193 Å². The fourth-order valence-corrected chi connectivity index (χ4v) is 5.11. The molecule has 2 aromatic carbocycles. The highest BCUT2D eigenvalue weighted by atomic mass is 35.5. The summed E-state index contributed by atoms with van der Waals surface area (Å²) in [6.07, 6.45) is -7.66. The van der Waals surface area contributed by atoms with Crippen molar-refractivity contribution >= 4 is 47.3 Å². The van der Waals surface area contributed by atoms with E-state index in [1.807, 2.05) is 0 Å². The van der Waals surface area contributed by atoms with E-state index in [0.29, 0.717) is 5.02 Å². The number of hydrogen-bond acceptors (Lipinski definition) is 11. The van der Waals surface area contributed by atoms with Crippen LogP contribution in [0.15, 0.2) is 42.5 Å². The van der Waals surface area contributed by atoms with Crippen LogP contribution in [0.3, 0.4) is 0 Å². The van der Waals surface area contributed by atoms with Crippen LogP contribution in [0.2, 0.25) is 5.02 Å². The number of aliphatic carboxylic acids is 1. The SMILES string of the molecule is CC(=O)N[C@H]1[C@H]([C@H](OC(C)=O)[C@@H](CNC(=O)c2ccc(Cl)cc2)OC(C)=O)O[C@@](OCc2cccc(F)c2F)(C(=O)O)C[C@@H]1OC(C)=O. The number of amides is 2. The number of esters is 3. The molecule has 1 fully saturated rings. The lowest BCUT2D eigenvalue weighted by atomic mass is 9.87. The van der Waals surface area contributed by atoms with Crippen LogP contribution in [0, 0.1) is 11.6 Å². The van der Waals surface area contributed by atoms with E-state index in [1.165, 1.54) is 24.3 Å². The minimum absolute atomic E-state index is 0.146. The molecule has 2 amide bonds. The lowest BCUT2D eigenvalue weighted by Gasteiger charge is -2.48. The second-order valence-corrected chi connectivity index (χ2v) is 11.1. The molecule has 1 heterocycles. The minimum Gasteiger partial charge on any atom is -0.477 e. The number of hydrogen-bond donors (Lipinski definition) is 3. The molecule has 1 aliphatic rings. The van der Waals surface area contributed by atoms with Crippen LogP contribution in [-0.4, -0.2) is 83.6 Å². The molecule has 6 atom stereocenters. The van der Waals surface area contributed by atoms with Gasteiger partial charge in [0.15, 0.2) is 23.8 Å². The number of ether oxygens (including phenoxy) is 5. The van der Waals surface area contributed by atoms with Crippen LogP contribution < -0.4 is 10.6 Å². The zero-order chi connectivity index (χ0) is 35.8. The fraction of sp³-hybridized carbons (Fsp3) is 0.419. The summed E-state index contributed by atoms with van der Waals surface area (Å²) in [5.74, 6) is -11.5. The van der Waals surface area contributed by atoms with Gasteiger partial charge >= 0.3 is 23.9 Å². The van der Waals surface area contributed by atoms with Crippen LogP contribution in [0.4, 0.5) is 8.78 Å². The predicted octanol–water partition coefficient (Wildman–Crippen LogP) is 2.43. The largest absolute Gasteiger partial charge is 0.477 e. The maximum atomic E-state index is 14.5. The van der Waals surface area contributed by atoms with E-state index in [-0.39, 0.29) is 5.56 Å². The van der Waals surface area contributed by atoms with Gasteiger partial charge in [-0.3, -0.25) is 24.0 Å². The number of carboxylic acids is 1. The second kappa shape index (κ2) is 16.4. The Balaban J connectivity index is 2.12. The molecular weight excluding hydrogens is 666 g/mol. The van der Waals surface area contributed by atoms with Gasteiger partial charge in [-0.05, 0) is 30.3 Å². The van der Waals surface area contributed by atoms with Gasteiger partial charge in [-0.25, -0.2) is 13.6 Å². The van der Waals surface area contributed by atoms with Crippen molar-refractivity contribution in [3.8, 4) is 0 Å². The summed E-state index contributed by atoms with van der Waals surface area (Å²) in [7, 11) is 0. The van der Waals surface area contributed by atoms with Crippen molar-refractivity contribution in [1.29, 1.82) is 0 Å². The zero-order valence-electron chi connectivity index (χ0n) is 26.1. The quantitative estimate of drug-likeness (QED) is 0.205. The monoisotopic (exact) mass is 698 g/mol. The lowest BCUT2D eigenvalue weighted by molar-refractivity contribution is -0.316. The first-order valence-electron chi connectivity index (χ1n) is 14.3. The summed E-state index contributed by atoms with van der Waals surface area (Å²) in [4.78, 5) is 75.0. The van der Waals surface area contributed by atoms with Gasteiger partial charge < -0.3 is 39.4 Å². The highest BCUT2D eigenvalue weighted by Crippen LogP contribution is 2.37. The average molecular weight is 699 g/mol. The van der Waals surface area contributed by atoms with E-state index in [4.69, 9.17) is 35.3 Å². The molecule has 0 radical (unpaired) electrons. The van der Waals surface area contributed by atoms with Crippen LogP contribution >= 0.6 is 11.6 Å². The van der Waals surface area contributed by atoms with Gasteiger partial charge in [0.1, 0.15) is 12.2 Å². The molecule has 0 unspecified atom stereocenters. The third-order valence-electron chi connectivity index (χ3n) is 6.94. The van der Waals surface area contributed by atoms with Crippen LogP contribution in [0.5, 0.6) is 0 Å². The molecule has 260 valence electrons. The minimum atomic E-state index is -2.82. The third-order valence-corrected chi connectivity index (χ3v) is 7.19. The number of nitrogens with one attached hydrogen (secondary N) is 2. The van der Waals surface area contributed by atoms with Gasteiger partial charge in [0, 0.05) is 43.8 Å². The molecule has 0 aromatic heterocycles. The van der Waals surface area contributed by atoms with Crippen molar-refractivity contribution in [3.05, 3.63) is 70.2 Å². The Hall–Kier alpha value is -4.67. The maximum absolute atomic E-state index is 14.5. The molecule has 0 aliphatic carbocycles. The fourth-order valence-electron chi connectivity index (χ4n) is 4.98. The molecule has 3 rings (SSSR count). The van der Waals surface area contributed by atoms with E-state index in [1.54, 1.807) is 0 Å². The van der Waals surface area contributed by atoms with Gasteiger partial charge in [-0.2, -0.15) is 0 Å². The summed E-state index contributed by atoms with van der Waals surface area (Å²) in [6.45, 7) is 2.63. The summed E-state index contributed by atoms with van der Waals surface area (Å²) in [5.41, 5.74) is -0.254. The molecule has 1 saturated heterocycles. The van der Waals surface area contributed by atoms with Gasteiger partial charge in [-0.1, -0.05) is 23.7 Å². The van der Waals surface area contributed by atoms with E-state index < -0.39 is 109 Å². The Morgan fingerprint density at radius 2 is 1.62 bits per heavy atom. The Bertz CT molecular complexity index is 1540. The standard InChI is InChI=1S/C31H33ClF2N2O12/c1-15(37)36-26-23(45-16(2)38)12-31(30(42)43,44-14-20-6-5-7-22(33)25(20)34)48-28(26)27(47-18(4)40)24(46-17(3)39)13-35-29(41)19-8-10-21(32)11-9-19/h5-11,23-24,26-28H,12-14H2,1-4H3,(H,35,41)(H,36,37)(H,42,43)/t23-,24+,26+,27+,28+,31+/m0/s1. The molecule has 0 spiro atoms. The lowest BCUT2D eigenvalue weighted by Crippen LogP contribution is -2.69.